The van der Waals surface area contributed by atoms with Gasteiger partial charge in [-0.1, -0.05) is 31.7 Å². The number of benzene rings is 1. The number of aryl methyl sites for hydroxylation is 2. The number of rotatable bonds is 7. The Morgan fingerprint density at radius 3 is 2.85 bits per heavy atom. The summed E-state index contributed by atoms with van der Waals surface area (Å²) in [4.78, 5) is 33.4. The molecule has 0 aliphatic heterocycles. The maximum absolute atomic E-state index is 13.8. The fourth-order valence-corrected chi connectivity index (χ4v) is 6.13. The minimum absolute atomic E-state index is 0.0387. The zero-order valence-corrected chi connectivity index (χ0v) is 21.4. The Morgan fingerprint density at radius 2 is 2.15 bits per heavy atom. The average molecular weight is 497 g/mol. The Morgan fingerprint density at radius 1 is 1.38 bits per heavy atom. The van der Waals surface area contributed by atoms with E-state index in [1.165, 1.54) is 16.6 Å². The van der Waals surface area contributed by atoms with E-state index in [9.17, 15) is 14.9 Å². The predicted octanol–water partition coefficient (Wildman–Crippen LogP) is 4.48. The summed E-state index contributed by atoms with van der Waals surface area (Å²) in [5.74, 6) is 0.345. The lowest BCUT2D eigenvalue weighted by molar-refractivity contribution is -0.120. The second kappa shape index (κ2) is 9.80. The van der Waals surface area contributed by atoms with E-state index in [1.807, 2.05) is 32.0 Å². The third-order valence-electron chi connectivity index (χ3n) is 6.39. The molecule has 2 heterocycles. The second-order valence-electron chi connectivity index (χ2n) is 8.93. The van der Waals surface area contributed by atoms with Crippen molar-refractivity contribution in [3.05, 3.63) is 45.1 Å². The molecule has 0 fully saturated rings. The lowest BCUT2D eigenvalue weighted by Crippen LogP contribution is -2.49. The maximum Gasteiger partial charge on any atom is 0.267 e. The number of aromatic nitrogens is 2. The fraction of sp³-hybridized carbons (Fsp3) is 0.440. The van der Waals surface area contributed by atoms with Crippen LogP contribution in [0.25, 0.3) is 15.9 Å². The normalized spacial score (nSPS) is 14.9. The molecular formula is C25H28N4O3S2. The first-order chi connectivity index (χ1) is 16.3. The highest BCUT2D eigenvalue weighted by Gasteiger charge is 2.30. The van der Waals surface area contributed by atoms with E-state index >= 15 is 0 Å². The summed E-state index contributed by atoms with van der Waals surface area (Å²) in [7, 11) is 1.58. The summed E-state index contributed by atoms with van der Waals surface area (Å²) in [5.41, 5.74) is 0.677. The Bertz CT molecular complexity index is 1340. The third-order valence-corrected chi connectivity index (χ3v) is 8.51. The van der Waals surface area contributed by atoms with E-state index in [2.05, 4.69) is 11.4 Å². The summed E-state index contributed by atoms with van der Waals surface area (Å²) in [5, 5.41) is 13.5. The Labute approximate surface area is 207 Å². The number of nitrogens with one attached hydrogen (secondary N) is 1. The summed E-state index contributed by atoms with van der Waals surface area (Å²) < 4.78 is 6.95. The standard InChI is InChI=1S/C25H28N4O3S2/c1-15(2)25(3,14-26)28-20(30)13-33-24-27-22-21(18-10-5-6-11-19(18)34-22)23(31)29(24)16-8-7-9-17(12-16)32-4/h7-9,12,15H,5-6,10-11,13H2,1-4H3,(H,28,30). The van der Waals surface area contributed by atoms with Crippen LogP contribution in [0.15, 0.2) is 34.2 Å². The molecular weight excluding hydrogens is 468 g/mol. The van der Waals surface area contributed by atoms with E-state index in [1.54, 1.807) is 36.0 Å². The zero-order valence-electron chi connectivity index (χ0n) is 19.8. The highest BCUT2D eigenvalue weighted by molar-refractivity contribution is 7.99. The van der Waals surface area contributed by atoms with Crippen LogP contribution in [-0.4, -0.2) is 33.9 Å². The van der Waals surface area contributed by atoms with Crippen molar-refractivity contribution in [2.24, 2.45) is 5.92 Å². The fourth-order valence-electron chi connectivity index (χ4n) is 4.02. The molecule has 1 aliphatic rings. The average Bonchev–Trinajstić information content (AvgIpc) is 3.21. The summed E-state index contributed by atoms with van der Waals surface area (Å²) in [6.07, 6.45) is 4.06. The molecule has 1 unspecified atom stereocenters. The minimum Gasteiger partial charge on any atom is -0.497 e. The quantitative estimate of drug-likeness (QED) is 0.383. The van der Waals surface area contributed by atoms with Crippen molar-refractivity contribution in [1.29, 1.82) is 5.26 Å². The Kier molecular flexibility index (Phi) is 7.01. The number of nitriles is 1. The van der Waals surface area contributed by atoms with Gasteiger partial charge in [0.2, 0.25) is 5.91 Å². The van der Waals surface area contributed by atoms with Crippen molar-refractivity contribution in [2.45, 2.75) is 57.1 Å². The highest BCUT2D eigenvalue weighted by atomic mass is 32.2. The molecule has 1 N–H and O–H groups in total. The summed E-state index contributed by atoms with van der Waals surface area (Å²) in [6.45, 7) is 5.50. The van der Waals surface area contributed by atoms with Crippen LogP contribution in [0.2, 0.25) is 0 Å². The van der Waals surface area contributed by atoms with Crippen molar-refractivity contribution in [3.63, 3.8) is 0 Å². The van der Waals surface area contributed by atoms with Gasteiger partial charge < -0.3 is 10.1 Å². The largest absolute Gasteiger partial charge is 0.497 e. The number of amides is 1. The number of fused-ring (bicyclic) bond motifs is 3. The maximum atomic E-state index is 13.8. The van der Waals surface area contributed by atoms with Crippen LogP contribution >= 0.6 is 23.1 Å². The monoisotopic (exact) mass is 496 g/mol. The summed E-state index contributed by atoms with van der Waals surface area (Å²) >= 11 is 2.78. The van der Waals surface area contributed by atoms with E-state index in [-0.39, 0.29) is 23.1 Å². The van der Waals surface area contributed by atoms with Gasteiger partial charge in [0.25, 0.3) is 5.56 Å². The van der Waals surface area contributed by atoms with Crippen LogP contribution in [0.3, 0.4) is 0 Å². The second-order valence-corrected chi connectivity index (χ2v) is 11.0. The molecule has 1 amide bonds. The van der Waals surface area contributed by atoms with E-state index in [0.717, 1.165) is 36.1 Å². The first-order valence-corrected chi connectivity index (χ1v) is 13.1. The molecule has 0 bridgehead atoms. The molecule has 0 spiro atoms. The molecule has 9 heteroatoms. The minimum atomic E-state index is -0.964. The lowest BCUT2D eigenvalue weighted by atomic mass is 9.90. The van der Waals surface area contributed by atoms with Crippen molar-refractivity contribution < 1.29 is 9.53 Å². The smallest absolute Gasteiger partial charge is 0.267 e. The number of ether oxygens (including phenoxy) is 1. The zero-order chi connectivity index (χ0) is 24.5. The molecule has 3 aromatic rings. The van der Waals surface area contributed by atoms with Gasteiger partial charge in [-0.15, -0.1) is 11.3 Å². The van der Waals surface area contributed by atoms with Crippen molar-refractivity contribution in [3.8, 4) is 17.5 Å². The topological polar surface area (TPSA) is 97.0 Å². The van der Waals surface area contributed by atoms with Crippen molar-refractivity contribution >= 4 is 39.2 Å². The first-order valence-electron chi connectivity index (χ1n) is 11.3. The number of carbonyl (C=O) groups excluding carboxylic acids is 1. The molecule has 4 rings (SSSR count). The Hall–Kier alpha value is -2.83. The van der Waals surface area contributed by atoms with Gasteiger partial charge >= 0.3 is 0 Å². The van der Waals surface area contributed by atoms with Gasteiger partial charge in [0.05, 0.1) is 30.0 Å². The van der Waals surface area contributed by atoms with Gasteiger partial charge in [0, 0.05) is 10.9 Å². The molecule has 0 saturated carbocycles. The molecule has 0 radical (unpaired) electrons. The Balaban J connectivity index is 1.77. The van der Waals surface area contributed by atoms with Crippen LogP contribution in [0.5, 0.6) is 5.75 Å². The van der Waals surface area contributed by atoms with E-state index in [0.29, 0.717) is 22.0 Å². The molecule has 34 heavy (non-hydrogen) atoms. The number of methoxy groups -OCH3 is 1. The van der Waals surface area contributed by atoms with Crippen LogP contribution in [-0.2, 0) is 17.6 Å². The molecule has 1 aliphatic carbocycles. The lowest BCUT2D eigenvalue weighted by Gasteiger charge is -2.27. The third kappa shape index (κ3) is 4.57. The number of hydrogen-bond donors (Lipinski definition) is 1. The van der Waals surface area contributed by atoms with Gasteiger partial charge in [0.15, 0.2) is 5.16 Å². The van der Waals surface area contributed by atoms with E-state index in [4.69, 9.17) is 9.72 Å². The molecule has 178 valence electrons. The van der Waals surface area contributed by atoms with Gasteiger partial charge in [-0.25, -0.2) is 4.98 Å². The number of thioether (sulfide) groups is 1. The van der Waals surface area contributed by atoms with Crippen molar-refractivity contribution in [1.82, 2.24) is 14.9 Å². The van der Waals surface area contributed by atoms with Crippen LogP contribution < -0.4 is 15.6 Å². The van der Waals surface area contributed by atoms with Gasteiger partial charge in [0.1, 0.15) is 16.1 Å². The van der Waals surface area contributed by atoms with Gasteiger partial charge in [-0.3, -0.25) is 14.2 Å². The predicted molar refractivity (Wildman–Crippen MR) is 136 cm³/mol. The molecule has 1 aromatic carbocycles. The number of hydrogen-bond acceptors (Lipinski definition) is 7. The molecule has 7 nitrogen and oxygen atoms in total. The van der Waals surface area contributed by atoms with Gasteiger partial charge in [-0.2, -0.15) is 5.26 Å². The molecule has 0 saturated heterocycles. The molecule has 1 atom stereocenters. The summed E-state index contributed by atoms with van der Waals surface area (Å²) in [6, 6.07) is 9.48. The van der Waals surface area contributed by atoms with Crippen LogP contribution in [0.4, 0.5) is 0 Å². The van der Waals surface area contributed by atoms with Crippen LogP contribution in [0, 0.1) is 17.2 Å². The van der Waals surface area contributed by atoms with Crippen molar-refractivity contribution in [2.75, 3.05) is 12.9 Å². The SMILES string of the molecule is COc1cccc(-n2c(SCC(=O)NC(C)(C#N)C(C)C)nc3sc4c(c3c2=O)CCCC4)c1. The molecule has 2 aromatic heterocycles. The first kappa shape index (κ1) is 24.3. The number of thiophene rings is 1. The number of carbonyl (C=O) groups is 1. The van der Waals surface area contributed by atoms with Crippen LogP contribution in [0.1, 0.15) is 44.1 Å². The van der Waals surface area contributed by atoms with Gasteiger partial charge in [-0.05, 0) is 56.2 Å². The number of nitrogens with zero attached hydrogens (tertiary/aromatic N) is 3. The van der Waals surface area contributed by atoms with E-state index < -0.39 is 5.54 Å². The highest BCUT2D eigenvalue weighted by Crippen LogP contribution is 2.35.